The molecule has 0 saturated heterocycles. The molecule has 3 nitrogen and oxygen atoms in total. The second kappa shape index (κ2) is 15.0. The van der Waals surface area contributed by atoms with E-state index in [-0.39, 0.29) is 25.5 Å². The number of pyridine rings is 3. The Balaban J connectivity index is 0.00000417. The van der Waals surface area contributed by atoms with Gasteiger partial charge in [-0.25, -0.2) is 0 Å². The Bertz CT molecular complexity index is 1850. The molecule has 0 N–H and O–H groups in total. The molecule has 0 aliphatic carbocycles. The molecule has 6 rings (SSSR count). The van der Waals surface area contributed by atoms with Gasteiger partial charge in [0.25, 0.3) is 0 Å². The second-order valence-electron chi connectivity index (χ2n) is 11.9. The normalized spacial score (nSPS) is 13.6. The van der Waals surface area contributed by atoms with Gasteiger partial charge in [0.2, 0.25) is 0 Å². The molecule has 3 heterocycles. The maximum absolute atomic E-state index is 5.87. The molecular weight excluding hydrogens is 759 g/mol. The maximum Gasteiger partial charge on any atom is 3.00 e. The first-order valence-electron chi connectivity index (χ1n) is 15.5. The van der Waals surface area contributed by atoms with Gasteiger partial charge < -0.3 is 17.6 Å². The van der Waals surface area contributed by atoms with E-state index in [0.717, 1.165) is 75.7 Å². The molecule has 0 aliphatic heterocycles. The van der Waals surface area contributed by atoms with Gasteiger partial charge in [-0.05, 0) is 69.1 Å². The van der Waals surface area contributed by atoms with Gasteiger partial charge >= 0.3 is 20.1 Å². The van der Waals surface area contributed by atoms with E-state index in [1.54, 1.807) is 0 Å². The van der Waals surface area contributed by atoms with Crippen LogP contribution in [0.15, 0.2) is 138 Å². The molecule has 46 heavy (non-hydrogen) atoms. The van der Waals surface area contributed by atoms with Gasteiger partial charge in [0, 0.05) is 17.3 Å². The Labute approximate surface area is 292 Å². The van der Waals surface area contributed by atoms with Crippen LogP contribution in [-0.2, 0) is 50.0 Å². The van der Waals surface area contributed by atoms with Crippen molar-refractivity contribution in [1.82, 2.24) is 15.0 Å². The first kappa shape index (κ1) is 33.3. The molecule has 0 spiro atoms. The summed E-state index contributed by atoms with van der Waals surface area (Å²) in [5, 5.41) is 0. The third-order valence-corrected chi connectivity index (χ3v) is 9.24. The van der Waals surface area contributed by atoms with Gasteiger partial charge in [0.1, 0.15) is 0 Å². The molecule has 0 aliphatic rings. The molecule has 6 aromatic rings. The van der Waals surface area contributed by atoms with Gasteiger partial charge in [-0.1, -0.05) is 60.5 Å². The van der Waals surface area contributed by atoms with Crippen LogP contribution in [-0.4, -0.2) is 15.0 Å². The van der Waals surface area contributed by atoms with E-state index in [0.29, 0.717) is 0 Å². The van der Waals surface area contributed by atoms with Crippen molar-refractivity contribution in [2.75, 3.05) is 0 Å². The van der Waals surface area contributed by atoms with Gasteiger partial charge in [-0.3, -0.25) is 9.97 Å². The van der Waals surface area contributed by atoms with Crippen molar-refractivity contribution < 1.29 is 20.1 Å². The zero-order chi connectivity index (χ0) is 31.1. The van der Waals surface area contributed by atoms with E-state index in [9.17, 15) is 0 Å². The minimum Gasteiger partial charge on any atom is -0.779 e. The van der Waals surface area contributed by atoms with Crippen molar-refractivity contribution in [3.8, 4) is 11.3 Å². The zero-order valence-corrected chi connectivity index (χ0v) is 29.3. The minimum atomic E-state index is -0.576. The predicted octanol–water partition coefficient (Wildman–Crippen LogP) is 9.12. The molecular formula is C41H36IrN3S. The van der Waals surface area contributed by atoms with Crippen LogP contribution in [0.4, 0.5) is 0 Å². The van der Waals surface area contributed by atoms with Crippen molar-refractivity contribution in [2.45, 2.75) is 55.3 Å². The largest absolute Gasteiger partial charge is 3.00 e. The SMILES string of the molecule is CC(CCCCc1cccc(-c2[c-]cccc2)n1)(c1ccccn1)c1cccc(C(C)(c2[c-]cccc2)c2ccccc2[S-])n1.[Ir+3]. The summed E-state index contributed by atoms with van der Waals surface area (Å²) in [7, 11) is 0. The van der Waals surface area contributed by atoms with E-state index < -0.39 is 5.41 Å². The second-order valence-corrected chi connectivity index (χ2v) is 12.3. The molecule has 2 unspecified atom stereocenters. The number of hydrogen-bond acceptors (Lipinski definition) is 4. The van der Waals surface area contributed by atoms with E-state index in [4.69, 9.17) is 27.6 Å². The fourth-order valence-corrected chi connectivity index (χ4v) is 6.56. The first-order chi connectivity index (χ1) is 22.0. The van der Waals surface area contributed by atoms with E-state index in [1.807, 2.05) is 54.7 Å². The van der Waals surface area contributed by atoms with Crippen molar-refractivity contribution in [2.24, 2.45) is 0 Å². The molecule has 2 atom stereocenters. The number of aromatic nitrogens is 3. The summed E-state index contributed by atoms with van der Waals surface area (Å²) in [6.45, 7) is 4.49. The molecule has 0 radical (unpaired) electrons. The van der Waals surface area contributed by atoms with E-state index >= 15 is 0 Å². The Kier molecular flexibility index (Phi) is 10.9. The third kappa shape index (κ3) is 7.03. The molecule has 3 aromatic carbocycles. The molecule has 0 saturated carbocycles. The summed E-state index contributed by atoms with van der Waals surface area (Å²) >= 11 is 5.87. The Morgan fingerprint density at radius 2 is 1.37 bits per heavy atom. The van der Waals surface area contributed by atoms with Crippen LogP contribution in [0, 0.1) is 12.1 Å². The molecule has 0 bridgehead atoms. The van der Waals surface area contributed by atoms with Gasteiger partial charge in [-0.15, -0.1) is 41.5 Å². The summed E-state index contributed by atoms with van der Waals surface area (Å²) in [4.78, 5) is 16.0. The molecule has 5 heteroatoms. The van der Waals surface area contributed by atoms with Crippen LogP contribution in [0.2, 0.25) is 0 Å². The minimum absolute atomic E-state index is 0. The van der Waals surface area contributed by atoms with Crippen LogP contribution < -0.4 is 0 Å². The van der Waals surface area contributed by atoms with Gasteiger partial charge in [-0.2, -0.15) is 35.2 Å². The monoisotopic (exact) mass is 795 g/mol. The molecule has 0 fully saturated rings. The maximum atomic E-state index is 5.87. The summed E-state index contributed by atoms with van der Waals surface area (Å²) in [6, 6.07) is 49.9. The van der Waals surface area contributed by atoms with E-state index in [1.165, 1.54) is 0 Å². The average molecular weight is 795 g/mol. The van der Waals surface area contributed by atoms with Crippen molar-refractivity contribution in [3.63, 3.8) is 0 Å². The summed E-state index contributed by atoms with van der Waals surface area (Å²) < 4.78 is 0. The van der Waals surface area contributed by atoms with Crippen molar-refractivity contribution in [1.29, 1.82) is 0 Å². The number of hydrogen-bond donors (Lipinski definition) is 0. The van der Waals surface area contributed by atoms with Crippen LogP contribution in [0.1, 0.15) is 67.0 Å². The first-order valence-corrected chi connectivity index (χ1v) is 16.0. The topological polar surface area (TPSA) is 38.7 Å². The van der Waals surface area contributed by atoms with Crippen molar-refractivity contribution in [3.05, 3.63) is 180 Å². The molecule has 230 valence electrons. The van der Waals surface area contributed by atoms with Crippen LogP contribution in [0.3, 0.4) is 0 Å². The van der Waals surface area contributed by atoms with Crippen molar-refractivity contribution >= 4 is 12.6 Å². The fraction of sp³-hybridized carbons (Fsp3) is 0.195. The quantitative estimate of drug-likeness (QED) is 0.0746. The summed E-state index contributed by atoms with van der Waals surface area (Å²) in [5.74, 6) is 0. The average Bonchev–Trinajstić information content (AvgIpc) is 3.11. The van der Waals surface area contributed by atoms with Crippen LogP contribution in [0.5, 0.6) is 0 Å². The van der Waals surface area contributed by atoms with Crippen LogP contribution >= 0.6 is 0 Å². The fourth-order valence-electron chi connectivity index (χ4n) is 6.21. The van der Waals surface area contributed by atoms with Gasteiger partial charge in [0.05, 0.1) is 22.5 Å². The molecule has 3 aromatic heterocycles. The number of benzene rings is 3. The number of nitrogens with zero attached hydrogens (tertiary/aromatic N) is 3. The summed E-state index contributed by atoms with van der Waals surface area (Å²) in [5.41, 5.74) is 7.17. The number of aryl methyl sites for hydroxylation is 1. The Morgan fingerprint density at radius 3 is 2.11 bits per heavy atom. The molecule has 0 amide bonds. The van der Waals surface area contributed by atoms with E-state index in [2.05, 4.69) is 105 Å². The number of unbranched alkanes of at least 4 members (excludes halogenated alkanes) is 1. The third-order valence-electron chi connectivity index (χ3n) is 8.88. The van der Waals surface area contributed by atoms with Crippen LogP contribution in [0.25, 0.3) is 11.3 Å². The summed E-state index contributed by atoms with van der Waals surface area (Å²) in [6.07, 6.45) is 5.70. The Hall–Kier alpha value is -4.02. The smallest absolute Gasteiger partial charge is 0.779 e. The Morgan fingerprint density at radius 1 is 0.652 bits per heavy atom. The zero-order valence-electron chi connectivity index (χ0n) is 26.1. The van der Waals surface area contributed by atoms with Gasteiger partial charge in [0.15, 0.2) is 0 Å². The number of rotatable bonds is 11. The standard InChI is InChI=1S/C41H37N3S.Ir/c1-40(37-26-12-14-30-42-37,29-13-11-21-33-22-15-24-35(43-33)31-17-5-3-6-18-31)38-27-16-28-39(44-38)41(2,32-19-7-4-8-20-32)34-23-9-10-25-36(34)45;/h3-10,12,14-17,19,22-28,30,45H,11,13,21,29H2,1-2H3;/q-2;+3/p-1. The predicted molar refractivity (Wildman–Crippen MR) is 184 cm³/mol.